The maximum Gasteiger partial charge on any atom is 0.0885 e. The number of benzene rings is 1. The zero-order valence-electron chi connectivity index (χ0n) is 12.8. The van der Waals surface area contributed by atoms with Gasteiger partial charge in [-0.3, -0.25) is 11.3 Å². The molecule has 1 aromatic carbocycles. The standard InChI is InChI=1S/C17H28N2O/c1-3-14-9-8-10-15(13-14)16(19-18)17(20-2)11-6-4-5-7-12-17/h8-10,13,16,19H,3-7,11-12,18H2,1-2H3. The topological polar surface area (TPSA) is 47.3 Å². The second-order valence-electron chi connectivity index (χ2n) is 5.88. The fourth-order valence-electron chi connectivity index (χ4n) is 3.48. The van der Waals surface area contributed by atoms with Crippen molar-refractivity contribution in [3.63, 3.8) is 0 Å². The van der Waals surface area contributed by atoms with E-state index in [1.54, 1.807) is 0 Å². The Balaban J connectivity index is 2.32. The quantitative estimate of drug-likeness (QED) is 0.491. The first-order valence-electron chi connectivity index (χ1n) is 7.86. The maximum atomic E-state index is 6.00. The third-order valence-corrected chi connectivity index (χ3v) is 4.74. The van der Waals surface area contributed by atoms with Crippen LogP contribution in [-0.4, -0.2) is 12.7 Å². The van der Waals surface area contributed by atoms with Gasteiger partial charge in [-0.1, -0.05) is 56.9 Å². The molecular weight excluding hydrogens is 248 g/mol. The van der Waals surface area contributed by atoms with Gasteiger partial charge in [-0.2, -0.15) is 0 Å². The molecule has 0 radical (unpaired) electrons. The highest BCUT2D eigenvalue weighted by atomic mass is 16.5. The van der Waals surface area contributed by atoms with Gasteiger partial charge in [-0.25, -0.2) is 0 Å². The van der Waals surface area contributed by atoms with Crippen LogP contribution in [-0.2, 0) is 11.2 Å². The molecule has 1 aliphatic rings. The molecule has 1 saturated carbocycles. The summed E-state index contributed by atoms with van der Waals surface area (Å²) >= 11 is 0. The minimum absolute atomic E-state index is 0.0668. The van der Waals surface area contributed by atoms with Crippen LogP contribution in [0.25, 0.3) is 0 Å². The van der Waals surface area contributed by atoms with Crippen LogP contribution in [0.5, 0.6) is 0 Å². The average Bonchev–Trinajstić information content (AvgIpc) is 2.75. The SMILES string of the molecule is CCc1cccc(C(NN)C2(OC)CCCCCC2)c1. The van der Waals surface area contributed by atoms with Crippen LogP contribution in [0.4, 0.5) is 0 Å². The molecule has 2 rings (SSSR count). The fraction of sp³-hybridized carbons (Fsp3) is 0.647. The molecule has 3 nitrogen and oxygen atoms in total. The predicted octanol–water partition coefficient (Wildman–Crippen LogP) is 3.49. The Kier molecular flexibility index (Phi) is 5.58. The van der Waals surface area contributed by atoms with Gasteiger partial charge in [0.2, 0.25) is 0 Å². The monoisotopic (exact) mass is 276 g/mol. The lowest BCUT2D eigenvalue weighted by Crippen LogP contribution is -2.47. The minimum Gasteiger partial charge on any atom is -0.376 e. The van der Waals surface area contributed by atoms with E-state index in [-0.39, 0.29) is 11.6 Å². The summed E-state index contributed by atoms with van der Waals surface area (Å²) < 4.78 is 6.00. The highest BCUT2D eigenvalue weighted by Crippen LogP contribution is 2.40. The van der Waals surface area contributed by atoms with Crippen molar-refractivity contribution < 1.29 is 4.74 Å². The van der Waals surface area contributed by atoms with Crippen molar-refractivity contribution in [2.75, 3.05) is 7.11 Å². The number of aryl methyl sites for hydroxylation is 1. The number of rotatable bonds is 5. The van der Waals surface area contributed by atoms with E-state index in [1.807, 2.05) is 7.11 Å². The summed E-state index contributed by atoms with van der Waals surface area (Å²) in [7, 11) is 1.83. The van der Waals surface area contributed by atoms with E-state index >= 15 is 0 Å². The van der Waals surface area contributed by atoms with Crippen molar-refractivity contribution in [1.82, 2.24) is 5.43 Å². The fourth-order valence-corrected chi connectivity index (χ4v) is 3.48. The number of methoxy groups -OCH3 is 1. The summed E-state index contributed by atoms with van der Waals surface area (Å²) in [6, 6.07) is 8.78. The van der Waals surface area contributed by atoms with Gasteiger partial charge in [-0.05, 0) is 30.4 Å². The third kappa shape index (κ3) is 3.22. The van der Waals surface area contributed by atoms with Gasteiger partial charge in [-0.15, -0.1) is 0 Å². The summed E-state index contributed by atoms with van der Waals surface area (Å²) in [5, 5.41) is 0. The Labute approximate surface area is 122 Å². The molecule has 1 aromatic rings. The zero-order chi connectivity index (χ0) is 14.4. The number of hydrazine groups is 1. The Morgan fingerprint density at radius 1 is 1.25 bits per heavy atom. The van der Waals surface area contributed by atoms with E-state index in [2.05, 4.69) is 36.6 Å². The van der Waals surface area contributed by atoms with Gasteiger partial charge >= 0.3 is 0 Å². The Morgan fingerprint density at radius 3 is 2.50 bits per heavy atom. The molecule has 1 aliphatic carbocycles. The molecule has 0 bridgehead atoms. The summed E-state index contributed by atoms with van der Waals surface area (Å²) in [6.07, 6.45) is 8.25. The van der Waals surface area contributed by atoms with Crippen LogP contribution in [0.3, 0.4) is 0 Å². The molecule has 0 saturated heterocycles. The van der Waals surface area contributed by atoms with Crippen LogP contribution in [0.1, 0.15) is 62.6 Å². The van der Waals surface area contributed by atoms with E-state index in [1.165, 1.54) is 36.8 Å². The van der Waals surface area contributed by atoms with E-state index in [0.717, 1.165) is 19.3 Å². The van der Waals surface area contributed by atoms with Crippen molar-refractivity contribution >= 4 is 0 Å². The smallest absolute Gasteiger partial charge is 0.0885 e. The molecule has 1 fully saturated rings. The van der Waals surface area contributed by atoms with Crippen LogP contribution in [0.2, 0.25) is 0 Å². The molecular formula is C17H28N2O. The van der Waals surface area contributed by atoms with E-state index < -0.39 is 0 Å². The van der Waals surface area contributed by atoms with Crippen molar-refractivity contribution in [2.24, 2.45) is 5.84 Å². The number of nitrogens with two attached hydrogens (primary N) is 1. The number of nitrogens with one attached hydrogen (secondary N) is 1. The first kappa shape index (κ1) is 15.5. The van der Waals surface area contributed by atoms with Crippen LogP contribution < -0.4 is 11.3 Å². The number of ether oxygens (including phenoxy) is 1. The first-order valence-corrected chi connectivity index (χ1v) is 7.86. The second-order valence-corrected chi connectivity index (χ2v) is 5.88. The van der Waals surface area contributed by atoms with Crippen molar-refractivity contribution in [3.05, 3.63) is 35.4 Å². The van der Waals surface area contributed by atoms with Crippen molar-refractivity contribution in [2.45, 2.75) is 63.5 Å². The van der Waals surface area contributed by atoms with Gasteiger partial charge in [0.05, 0.1) is 11.6 Å². The number of hydrogen-bond donors (Lipinski definition) is 2. The summed E-state index contributed by atoms with van der Waals surface area (Å²) in [4.78, 5) is 0. The van der Waals surface area contributed by atoms with Crippen molar-refractivity contribution in [3.8, 4) is 0 Å². The van der Waals surface area contributed by atoms with Gasteiger partial charge in [0.25, 0.3) is 0 Å². The summed E-state index contributed by atoms with van der Waals surface area (Å²) in [5.41, 5.74) is 5.46. The lowest BCUT2D eigenvalue weighted by atomic mass is 9.82. The highest BCUT2D eigenvalue weighted by molar-refractivity contribution is 5.28. The lowest BCUT2D eigenvalue weighted by molar-refractivity contribution is -0.0541. The van der Waals surface area contributed by atoms with Gasteiger partial charge in [0.15, 0.2) is 0 Å². The Hall–Kier alpha value is -0.900. The molecule has 3 N–H and O–H groups in total. The van der Waals surface area contributed by atoms with E-state index in [9.17, 15) is 0 Å². The highest BCUT2D eigenvalue weighted by Gasteiger charge is 2.39. The predicted molar refractivity (Wildman–Crippen MR) is 83.3 cm³/mol. The second kappa shape index (κ2) is 7.21. The first-order chi connectivity index (χ1) is 9.75. The molecule has 0 amide bonds. The number of hydrogen-bond acceptors (Lipinski definition) is 3. The zero-order valence-corrected chi connectivity index (χ0v) is 12.8. The van der Waals surface area contributed by atoms with Gasteiger partial charge in [0.1, 0.15) is 0 Å². The summed E-state index contributed by atoms with van der Waals surface area (Å²) in [5.74, 6) is 5.91. The summed E-state index contributed by atoms with van der Waals surface area (Å²) in [6.45, 7) is 2.18. The molecule has 112 valence electrons. The molecule has 0 aliphatic heterocycles. The van der Waals surface area contributed by atoms with Crippen LogP contribution >= 0.6 is 0 Å². The molecule has 3 heteroatoms. The normalized spacial score (nSPS) is 20.4. The molecule has 1 unspecified atom stereocenters. The third-order valence-electron chi connectivity index (χ3n) is 4.74. The Morgan fingerprint density at radius 2 is 1.95 bits per heavy atom. The molecule has 0 spiro atoms. The Bertz CT molecular complexity index is 411. The molecule has 20 heavy (non-hydrogen) atoms. The van der Waals surface area contributed by atoms with E-state index in [0.29, 0.717) is 0 Å². The molecule has 1 atom stereocenters. The molecule has 0 aromatic heterocycles. The average molecular weight is 276 g/mol. The molecule has 0 heterocycles. The van der Waals surface area contributed by atoms with Crippen LogP contribution in [0.15, 0.2) is 24.3 Å². The van der Waals surface area contributed by atoms with Gasteiger partial charge in [0, 0.05) is 7.11 Å². The van der Waals surface area contributed by atoms with Crippen LogP contribution in [0, 0.1) is 0 Å². The largest absolute Gasteiger partial charge is 0.376 e. The lowest BCUT2D eigenvalue weighted by Gasteiger charge is -2.39. The maximum absolute atomic E-state index is 6.00. The minimum atomic E-state index is -0.169. The van der Waals surface area contributed by atoms with E-state index in [4.69, 9.17) is 10.6 Å². The van der Waals surface area contributed by atoms with Gasteiger partial charge < -0.3 is 4.74 Å². The van der Waals surface area contributed by atoms with Crippen molar-refractivity contribution in [1.29, 1.82) is 0 Å².